The molecule has 0 fully saturated rings. The van der Waals surface area contributed by atoms with Crippen LogP contribution < -0.4 is 10.0 Å². The minimum absolute atomic E-state index is 0.0566. The Labute approximate surface area is 185 Å². The van der Waals surface area contributed by atoms with Crippen LogP contribution >= 0.6 is 0 Å². The number of nitrogens with one attached hydrogen (secondary N) is 2. The van der Waals surface area contributed by atoms with Crippen molar-refractivity contribution in [2.45, 2.75) is 31.3 Å². The number of fused-ring (bicyclic) bond motifs is 3. The van der Waals surface area contributed by atoms with E-state index in [1.165, 1.54) is 12.1 Å². The molecule has 3 N–H and O–H groups in total. The minimum atomic E-state index is -4.04. The lowest BCUT2D eigenvalue weighted by Gasteiger charge is -2.17. The molecule has 0 bridgehead atoms. The van der Waals surface area contributed by atoms with E-state index in [4.69, 9.17) is 8.83 Å². The highest BCUT2D eigenvalue weighted by molar-refractivity contribution is 7.89. The zero-order valence-electron chi connectivity index (χ0n) is 17.9. The molecule has 4 rings (SSSR count). The molecule has 0 saturated carbocycles. The summed E-state index contributed by atoms with van der Waals surface area (Å²) in [7, 11) is -2.20. The van der Waals surface area contributed by atoms with Gasteiger partial charge >= 0.3 is 5.97 Å². The Morgan fingerprint density at radius 3 is 2.47 bits per heavy atom. The second-order valence-corrected chi connectivity index (χ2v) is 9.66. The first-order valence-electron chi connectivity index (χ1n) is 10.1. The number of furan rings is 2. The van der Waals surface area contributed by atoms with E-state index in [0.29, 0.717) is 17.7 Å². The molecule has 0 spiro atoms. The van der Waals surface area contributed by atoms with Gasteiger partial charge in [-0.25, -0.2) is 8.42 Å². The largest absolute Gasteiger partial charge is 0.480 e. The van der Waals surface area contributed by atoms with Gasteiger partial charge in [0.05, 0.1) is 11.4 Å². The second-order valence-electron chi connectivity index (χ2n) is 7.95. The first kappa shape index (κ1) is 22.1. The molecule has 0 amide bonds. The van der Waals surface area contributed by atoms with E-state index in [1.54, 1.807) is 19.9 Å². The number of aliphatic carboxylic acids is 1. The van der Waals surface area contributed by atoms with Crippen molar-refractivity contribution in [1.29, 1.82) is 0 Å². The zero-order valence-corrected chi connectivity index (χ0v) is 18.7. The van der Waals surface area contributed by atoms with Gasteiger partial charge in [0.1, 0.15) is 28.7 Å². The van der Waals surface area contributed by atoms with Crippen LogP contribution in [0, 0.1) is 5.92 Å². The Kier molecular flexibility index (Phi) is 5.81. The van der Waals surface area contributed by atoms with Crippen LogP contribution in [0.3, 0.4) is 0 Å². The van der Waals surface area contributed by atoms with Gasteiger partial charge in [0.25, 0.3) is 0 Å². The fourth-order valence-corrected chi connectivity index (χ4v) is 4.94. The van der Waals surface area contributed by atoms with Crippen molar-refractivity contribution >= 4 is 37.9 Å². The monoisotopic (exact) mass is 456 g/mol. The van der Waals surface area contributed by atoms with Crippen LogP contribution in [0.15, 0.2) is 62.3 Å². The van der Waals surface area contributed by atoms with E-state index in [0.717, 1.165) is 27.9 Å². The first-order chi connectivity index (χ1) is 15.2. The van der Waals surface area contributed by atoms with Gasteiger partial charge in [-0.1, -0.05) is 13.8 Å². The van der Waals surface area contributed by atoms with Gasteiger partial charge < -0.3 is 19.3 Å². The molecule has 9 heteroatoms. The van der Waals surface area contributed by atoms with Gasteiger partial charge in [-0.05, 0) is 55.4 Å². The first-order valence-corrected chi connectivity index (χ1v) is 11.6. The van der Waals surface area contributed by atoms with Crippen molar-refractivity contribution in [2.24, 2.45) is 5.92 Å². The predicted molar refractivity (Wildman–Crippen MR) is 121 cm³/mol. The minimum Gasteiger partial charge on any atom is -0.480 e. The average Bonchev–Trinajstić information content (AvgIpc) is 3.35. The number of benzene rings is 2. The maximum atomic E-state index is 12.8. The van der Waals surface area contributed by atoms with Crippen molar-refractivity contribution < 1.29 is 27.2 Å². The molecule has 0 aliphatic heterocycles. The molecule has 2 aromatic heterocycles. The van der Waals surface area contributed by atoms with E-state index in [9.17, 15) is 18.3 Å². The Morgan fingerprint density at radius 1 is 1.00 bits per heavy atom. The number of rotatable bonds is 8. The van der Waals surface area contributed by atoms with Crippen molar-refractivity contribution in [2.75, 3.05) is 7.05 Å². The fourth-order valence-electron chi connectivity index (χ4n) is 3.59. The molecule has 8 nitrogen and oxygen atoms in total. The van der Waals surface area contributed by atoms with E-state index in [-0.39, 0.29) is 4.90 Å². The molecule has 0 aliphatic carbocycles. The second kappa shape index (κ2) is 8.42. The van der Waals surface area contributed by atoms with Gasteiger partial charge in [-0.2, -0.15) is 4.72 Å². The third-order valence-electron chi connectivity index (χ3n) is 5.27. The fraction of sp³-hybridized carbons (Fsp3) is 0.261. The third-order valence-corrected chi connectivity index (χ3v) is 6.70. The smallest absolute Gasteiger partial charge is 0.322 e. The SMILES string of the molecule is CNCc1ccc(-c2ccc3oc4cc(S(=O)(=O)N[C@H](C(=O)O)C(C)C)ccc4c3c2)o1. The van der Waals surface area contributed by atoms with Crippen molar-refractivity contribution in [3.63, 3.8) is 0 Å². The summed E-state index contributed by atoms with van der Waals surface area (Å²) in [5.74, 6) is -0.0890. The van der Waals surface area contributed by atoms with Crippen LogP contribution in [-0.4, -0.2) is 32.6 Å². The third kappa shape index (κ3) is 4.14. The lowest BCUT2D eigenvalue weighted by Crippen LogP contribution is -2.44. The molecule has 168 valence electrons. The zero-order chi connectivity index (χ0) is 23.0. The van der Waals surface area contributed by atoms with Crippen LogP contribution in [0.1, 0.15) is 19.6 Å². The topological polar surface area (TPSA) is 122 Å². The molecule has 32 heavy (non-hydrogen) atoms. The van der Waals surface area contributed by atoms with Crippen LogP contribution in [0.4, 0.5) is 0 Å². The highest BCUT2D eigenvalue weighted by Crippen LogP contribution is 2.34. The van der Waals surface area contributed by atoms with Gasteiger partial charge in [0.15, 0.2) is 0 Å². The maximum absolute atomic E-state index is 12.8. The molecule has 0 radical (unpaired) electrons. The molecule has 0 saturated heterocycles. The summed E-state index contributed by atoms with van der Waals surface area (Å²) in [5, 5.41) is 13.9. The summed E-state index contributed by atoms with van der Waals surface area (Å²) < 4.78 is 39.5. The highest BCUT2D eigenvalue weighted by atomic mass is 32.2. The van der Waals surface area contributed by atoms with Crippen molar-refractivity contribution in [1.82, 2.24) is 10.0 Å². The summed E-state index contributed by atoms with van der Waals surface area (Å²) in [6, 6.07) is 12.7. The highest BCUT2D eigenvalue weighted by Gasteiger charge is 2.28. The maximum Gasteiger partial charge on any atom is 0.322 e. The molecule has 2 aromatic carbocycles. The van der Waals surface area contributed by atoms with E-state index in [2.05, 4.69) is 10.0 Å². The van der Waals surface area contributed by atoms with Crippen LogP contribution in [0.25, 0.3) is 33.3 Å². The molecular weight excluding hydrogens is 432 g/mol. The molecule has 1 atom stereocenters. The van der Waals surface area contributed by atoms with Gasteiger partial charge in [-0.15, -0.1) is 0 Å². The normalized spacial score (nSPS) is 13.2. The number of hydrogen-bond donors (Lipinski definition) is 3. The Hall–Kier alpha value is -3.14. The molecule has 2 heterocycles. The van der Waals surface area contributed by atoms with Gasteiger partial charge in [-0.3, -0.25) is 4.79 Å². The van der Waals surface area contributed by atoms with Gasteiger partial charge in [0.2, 0.25) is 10.0 Å². The lowest BCUT2D eigenvalue weighted by molar-refractivity contribution is -0.140. The van der Waals surface area contributed by atoms with Crippen LogP contribution in [0.5, 0.6) is 0 Å². The van der Waals surface area contributed by atoms with Gasteiger partial charge in [0, 0.05) is 22.4 Å². The Bertz CT molecular complexity index is 1400. The molecule has 0 aliphatic rings. The average molecular weight is 457 g/mol. The lowest BCUT2D eigenvalue weighted by atomic mass is 10.1. The standard InChI is InChI=1S/C23H24N2O6S/c1-13(2)22(23(26)27)25-32(28,29)16-6-7-17-18-10-14(4-8-20(18)31-21(17)11-16)19-9-5-15(30-19)12-24-3/h4-11,13,22,24-25H,12H2,1-3H3,(H,26,27)/t22-/m0/s1. The number of carboxylic acids is 1. The van der Waals surface area contributed by atoms with E-state index >= 15 is 0 Å². The summed E-state index contributed by atoms with van der Waals surface area (Å²) in [6.45, 7) is 3.91. The van der Waals surface area contributed by atoms with Crippen molar-refractivity contribution in [3.8, 4) is 11.3 Å². The Balaban J connectivity index is 1.72. The van der Waals surface area contributed by atoms with E-state index in [1.807, 2.05) is 37.4 Å². The van der Waals surface area contributed by atoms with Crippen LogP contribution in [0.2, 0.25) is 0 Å². The molecule has 4 aromatic rings. The van der Waals surface area contributed by atoms with E-state index < -0.39 is 28.0 Å². The summed E-state index contributed by atoms with van der Waals surface area (Å²) in [6.07, 6.45) is 0. The predicted octanol–water partition coefficient (Wildman–Crippen LogP) is 3.95. The Morgan fingerprint density at radius 2 is 1.78 bits per heavy atom. The van der Waals surface area contributed by atoms with Crippen LogP contribution in [-0.2, 0) is 21.4 Å². The quantitative estimate of drug-likeness (QED) is 0.367. The number of carboxylic acid groups (broad SMARTS) is 1. The summed E-state index contributed by atoms with van der Waals surface area (Å²) in [4.78, 5) is 11.4. The number of sulfonamides is 1. The summed E-state index contributed by atoms with van der Waals surface area (Å²) >= 11 is 0. The van der Waals surface area contributed by atoms with Crippen molar-refractivity contribution in [3.05, 3.63) is 54.3 Å². The summed E-state index contributed by atoms with van der Waals surface area (Å²) in [5.41, 5.74) is 1.88. The number of carbonyl (C=O) groups is 1. The number of hydrogen-bond acceptors (Lipinski definition) is 6. The molecular formula is C23H24N2O6S. The molecule has 0 unspecified atom stereocenters.